The van der Waals surface area contributed by atoms with Crippen molar-refractivity contribution in [1.29, 1.82) is 0 Å². The standard InChI is InChI=1S/C12H18O.C11H15N.2C10H15N.3C9H13N.C8H9F2N.C8H11N/c1-9(2)10-6-5-7-11(8-10)12(3,4)13;1-8(2)10-5-6-12-11(7-10)9-3-4-9;1-8(2)10-5-6-11(4)9(3)7-10;1-4-10-6-5-9(7-11-10)8(2)3;3*1-7(2)9-4-5-10-8(3)6-9;1-5(2)6-3-4-11-8(10)7(6)9;1-7(2)8-3-5-9-6-4-8/h5-9,13H,1-4H3;5-9H,3-4H2,1-2H3;5-8H,3H2,1-2,4H3;5-8H,4H2,1-3H3;3*4-7H,1-3H3;3-5H,1-2H3;3-7H,1-2H3. The van der Waals surface area contributed by atoms with Gasteiger partial charge in [0.2, 0.25) is 5.95 Å². The van der Waals surface area contributed by atoms with Crippen molar-refractivity contribution in [3.8, 4) is 0 Å². The van der Waals surface area contributed by atoms with Crippen molar-refractivity contribution in [3.05, 3.63) is 279 Å². The van der Waals surface area contributed by atoms with Gasteiger partial charge in [-0.15, -0.1) is 0 Å². The average Bonchev–Trinajstić information content (AvgIpc) is 1.76. The summed E-state index contributed by atoms with van der Waals surface area (Å²) in [6.45, 7) is 54.3. The molecule has 0 unspecified atom stereocenters. The first kappa shape index (κ1) is 85.2. The fourth-order valence-corrected chi connectivity index (χ4v) is 9.09. The minimum Gasteiger partial charge on any atom is -0.386 e. The molecule has 7 aromatic heterocycles. The van der Waals surface area contributed by atoms with Gasteiger partial charge in [0.25, 0.3) is 0 Å². The minimum atomic E-state index is -1.02. The molecular formula is C86H122F2N8O. The minimum absolute atomic E-state index is 0.00694. The molecule has 8 aromatic rings. The van der Waals surface area contributed by atoms with Crippen LogP contribution in [0.3, 0.4) is 0 Å². The molecule has 526 valence electrons. The normalized spacial score (nSPS) is 12.3. The lowest BCUT2D eigenvalue weighted by atomic mass is 9.93. The predicted molar refractivity (Wildman–Crippen MR) is 409 cm³/mol. The lowest BCUT2D eigenvalue weighted by molar-refractivity contribution is 0.0785. The molecule has 1 aliphatic heterocycles. The lowest BCUT2D eigenvalue weighted by Crippen LogP contribution is -2.15. The first-order valence-electron chi connectivity index (χ1n) is 35.1. The number of nitrogens with zero attached hydrogens (tertiary/aromatic N) is 8. The van der Waals surface area contributed by atoms with Crippen molar-refractivity contribution in [1.82, 2.24) is 39.8 Å². The molecule has 1 aliphatic carbocycles. The number of allylic oxidation sites excluding steroid dienone is 3. The van der Waals surface area contributed by atoms with E-state index in [-0.39, 0.29) is 5.92 Å². The Morgan fingerprint density at radius 3 is 1.25 bits per heavy atom. The summed E-state index contributed by atoms with van der Waals surface area (Å²) in [5, 5.41) is 9.80. The number of pyridine rings is 7. The monoisotopic (exact) mass is 1320 g/mol. The maximum Gasteiger partial charge on any atom is 0.249 e. The summed E-state index contributed by atoms with van der Waals surface area (Å²) >= 11 is 0. The van der Waals surface area contributed by atoms with Gasteiger partial charge in [0.15, 0.2) is 5.82 Å². The second kappa shape index (κ2) is 44.1. The molecule has 0 atom stereocenters. The number of hydrogen-bond acceptors (Lipinski definition) is 9. The fraction of sp³-hybridized carbons (Fsp3) is 0.453. The quantitative estimate of drug-likeness (QED) is 0.119. The summed E-state index contributed by atoms with van der Waals surface area (Å²) < 4.78 is 25.3. The van der Waals surface area contributed by atoms with Crippen molar-refractivity contribution in [2.45, 2.75) is 244 Å². The number of aliphatic hydroxyl groups is 1. The number of halogens is 2. The zero-order chi connectivity index (χ0) is 73.1. The van der Waals surface area contributed by atoms with Crippen LogP contribution in [0.5, 0.6) is 0 Å². The summed E-state index contributed by atoms with van der Waals surface area (Å²) in [5.74, 6) is 3.71. The number of rotatable bonds is 12. The molecule has 0 bridgehead atoms. The molecule has 8 heterocycles. The summed E-state index contributed by atoms with van der Waals surface area (Å²) in [5.41, 5.74) is 18.3. The van der Waals surface area contributed by atoms with Crippen LogP contribution in [-0.4, -0.2) is 51.9 Å². The van der Waals surface area contributed by atoms with Gasteiger partial charge >= 0.3 is 0 Å². The molecule has 0 amide bonds. The molecule has 11 heteroatoms. The zero-order valence-electron chi connectivity index (χ0n) is 64.0. The van der Waals surface area contributed by atoms with E-state index in [2.05, 4.69) is 250 Å². The summed E-state index contributed by atoms with van der Waals surface area (Å²) in [6, 6.07) is 35.0. The number of hydrogen-bond donors (Lipinski definition) is 1. The Morgan fingerprint density at radius 1 is 0.485 bits per heavy atom. The van der Waals surface area contributed by atoms with Crippen LogP contribution in [0.25, 0.3) is 0 Å². The van der Waals surface area contributed by atoms with Crippen LogP contribution in [0.4, 0.5) is 8.78 Å². The number of benzene rings is 1. The number of aromatic nitrogens is 7. The highest BCUT2D eigenvalue weighted by Crippen LogP contribution is 2.39. The number of aryl methyl sites for hydroxylation is 4. The van der Waals surface area contributed by atoms with Gasteiger partial charge in [-0.3, -0.25) is 29.9 Å². The van der Waals surface area contributed by atoms with Crippen LogP contribution in [0.15, 0.2) is 189 Å². The molecule has 1 aromatic carbocycles. The van der Waals surface area contributed by atoms with Crippen LogP contribution in [0, 0.1) is 38.5 Å². The van der Waals surface area contributed by atoms with Crippen molar-refractivity contribution >= 4 is 0 Å². The molecule has 97 heavy (non-hydrogen) atoms. The second-order valence-electron chi connectivity index (χ2n) is 28.3. The molecule has 0 radical (unpaired) electrons. The third-order valence-corrected chi connectivity index (χ3v) is 16.2. The first-order valence-corrected chi connectivity index (χ1v) is 35.1. The Kier molecular flexibility index (Phi) is 38.7. The van der Waals surface area contributed by atoms with E-state index in [4.69, 9.17) is 0 Å². The van der Waals surface area contributed by atoms with E-state index in [1.807, 2.05) is 114 Å². The maximum absolute atomic E-state index is 12.8. The maximum atomic E-state index is 12.8. The van der Waals surface area contributed by atoms with Gasteiger partial charge in [-0.05, 0) is 248 Å². The van der Waals surface area contributed by atoms with E-state index >= 15 is 0 Å². The number of likely N-dealkylation sites (N-methyl/N-ethyl adjacent to an activating group) is 1. The van der Waals surface area contributed by atoms with Crippen molar-refractivity contribution in [2.75, 3.05) is 7.05 Å². The molecule has 0 spiro atoms. The van der Waals surface area contributed by atoms with E-state index in [1.54, 1.807) is 13.8 Å². The Bertz CT molecular complexity index is 3420. The zero-order valence-corrected chi connectivity index (χ0v) is 64.0. The lowest BCUT2D eigenvalue weighted by Gasteiger charge is -2.21. The molecule has 1 fully saturated rings. The Hall–Kier alpha value is -7.89. The van der Waals surface area contributed by atoms with Crippen molar-refractivity contribution in [3.63, 3.8) is 0 Å². The molecule has 9 nitrogen and oxygen atoms in total. The van der Waals surface area contributed by atoms with Crippen LogP contribution >= 0.6 is 0 Å². The van der Waals surface area contributed by atoms with Crippen molar-refractivity contribution in [2.24, 2.45) is 5.92 Å². The van der Waals surface area contributed by atoms with Crippen LogP contribution in [-0.2, 0) is 12.0 Å². The SMILES string of the molecule is C=C1C=C(C(C)C)C=CN1C.CC(C)c1cccc(C(C)(C)O)c1.CC(C)c1ccnc(C2CC2)c1.CC(C)c1ccnc(F)c1F.CC(C)c1ccncc1.CCc1ccc(C(C)C)cn1.Cc1cc(C(C)C)ccn1.Cc1cc(C(C)C)ccn1.Cc1cc(C(C)C)ccn1. The summed E-state index contributed by atoms with van der Waals surface area (Å²) in [6.07, 6.45) is 24.5. The predicted octanol–water partition coefficient (Wildman–Crippen LogP) is 23.7. The molecule has 1 saturated carbocycles. The van der Waals surface area contributed by atoms with E-state index in [9.17, 15) is 13.9 Å². The second-order valence-corrected chi connectivity index (χ2v) is 28.3. The largest absolute Gasteiger partial charge is 0.386 e. The molecule has 1 N–H and O–H groups in total. The highest BCUT2D eigenvalue weighted by molar-refractivity contribution is 5.34. The van der Waals surface area contributed by atoms with Gasteiger partial charge in [-0.25, -0.2) is 9.37 Å². The van der Waals surface area contributed by atoms with Crippen LogP contribution in [0.2, 0.25) is 0 Å². The van der Waals surface area contributed by atoms with E-state index < -0.39 is 17.4 Å². The molecule has 2 aliphatic rings. The van der Waals surface area contributed by atoms with Crippen molar-refractivity contribution < 1.29 is 13.9 Å². The van der Waals surface area contributed by atoms with Gasteiger partial charge in [0.1, 0.15) is 0 Å². The van der Waals surface area contributed by atoms with E-state index in [0.29, 0.717) is 52.9 Å². The third kappa shape index (κ3) is 34.3. The Labute approximate surface area is 587 Å². The average molecular weight is 1320 g/mol. The fourth-order valence-electron chi connectivity index (χ4n) is 9.09. The van der Waals surface area contributed by atoms with Gasteiger partial charge < -0.3 is 10.0 Å². The smallest absolute Gasteiger partial charge is 0.249 e. The summed E-state index contributed by atoms with van der Waals surface area (Å²) in [4.78, 5) is 30.2. The van der Waals surface area contributed by atoms with E-state index in [0.717, 1.165) is 40.7 Å². The molecule has 0 saturated heterocycles. The highest BCUT2D eigenvalue weighted by Gasteiger charge is 2.25. The molecule has 10 rings (SSSR count). The Morgan fingerprint density at radius 2 is 0.907 bits per heavy atom. The van der Waals surface area contributed by atoms with Gasteiger partial charge in [0.05, 0.1) is 5.60 Å². The van der Waals surface area contributed by atoms with Crippen LogP contribution < -0.4 is 0 Å². The van der Waals surface area contributed by atoms with Gasteiger partial charge in [-0.1, -0.05) is 168 Å². The Balaban J connectivity index is 0.000000372. The van der Waals surface area contributed by atoms with Gasteiger partial charge in [-0.2, -0.15) is 4.39 Å². The molecular weight excluding hydrogens is 1200 g/mol. The summed E-state index contributed by atoms with van der Waals surface area (Å²) in [7, 11) is 2.01. The third-order valence-electron chi connectivity index (χ3n) is 16.2. The van der Waals surface area contributed by atoms with Gasteiger partial charge in [0, 0.05) is 103 Å². The van der Waals surface area contributed by atoms with Crippen LogP contribution in [0.1, 0.15) is 290 Å². The van der Waals surface area contributed by atoms with E-state index in [1.165, 1.54) is 81.0 Å². The topological polar surface area (TPSA) is 114 Å². The first-order chi connectivity index (χ1) is 45.6. The highest BCUT2D eigenvalue weighted by atomic mass is 19.2.